The van der Waals surface area contributed by atoms with E-state index in [2.05, 4.69) is 364 Å². The molecule has 0 N–H and O–H groups in total. The van der Waals surface area contributed by atoms with E-state index in [-0.39, 0.29) is 20.4 Å². The van der Waals surface area contributed by atoms with Crippen molar-refractivity contribution in [1.82, 2.24) is 0 Å². The Labute approximate surface area is 490 Å². The second-order valence-corrected chi connectivity index (χ2v) is 38.7. The second-order valence-electron chi connectivity index (χ2n) is 17.9. The molecule has 77 heavy (non-hydrogen) atoms. The molecule has 0 atom stereocenters. The van der Waals surface area contributed by atoms with Gasteiger partial charge in [-0.1, -0.05) is 0 Å². The molecule has 0 amide bonds. The van der Waals surface area contributed by atoms with Crippen LogP contribution in [0.5, 0.6) is 0 Å². The van der Waals surface area contributed by atoms with Crippen molar-refractivity contribution in [2.75, 3.05) is 0 Å². The fraction of sp³-hybridized carbons (Fsp3) is 0. The molecule has 0 aromatic heterocycles. The first-order valence-electron chi connectivity index (χ1n) is 25.9. The van der Waals surface area contributed by atoms with Gasteiger partial charge in [0.2, 0.25) is 0 Å². The van der Waals surface area contributed by atoms with Gasteiger partial charge in [-0.3, -0.25) is 0 Å². The molecule has 12 aromatic rings. The van der Waals surface area contributed by atoms with Crippen molar-refractivity contribution in [1.29, 1.82) is 0 Å². The van der Waals surface area contributed by atoms with E-state index >= 15 is 0 Å². The van der Waals surface area contributed by atoms with E-state index in [1.165, 1.54) is 52.2 Å². The van der Waals surface area contributed by atoms with Gasteiger partial charge in [0, 0.05) is 20.4 Å². The summed E-state index contributed by atoms with van der Waals surface area (Å²) in [6, 6.07) is 131. The third-order valence-corrected chi connectivity index (χ3v) is 35.7. The van der Waals surface area contributed by atoms with Gasteiger partial charge in [0.1, 0.15) is 0 Å². The van der Waals surface area contributed by atoms with Crippen LogP contribution >= 0.6 is 0 Å². The second kappa shape index (κ2) is 31.7. The van der Waals surface area contributed by atoms with E-state index in [9.17, 15) is 0 Å². The van der Waals surface area contributed by atoms with Crippen LogP contribution in [-0.4, -0.2) is 58.6 Å². The molecule has 4 radical (unpaired) electrons. The molecule has 0 fully saturated rings. The molecule has 5 heteroatoms. The maximum atomic E-state index is 2.27. The Balaban J connectivity index is 0.000000135. The summed E-state index contributed by atoms with van der Waals surface area (Å²) in [7, 11) is 0. The topological polar surface area (TPSA) is 0 Å². The molecular weight excluding hydrogens is 1270 g/mol. The first-order chi connectivity index (χ1) is 37.8. The summed E-state index contributed by atoms with van der Waals surface area (Å²) < 4.78 is 18.0. The standard InChI is InChI=1S/4C18H16As.Pd/c4*1-4-10-16(11-5-1)19(17-12-6-2-7-13-17)18-14-8-3-9-15-18;/h4*1-15,19H;. The van der Waals surface area contributed by atoms with Crippen molar-refractivity contribution < 1.29 is 20.4 Å². The number of hydrogen-bond donors (Lipinski definition) is 0. The van der Waals surface area contributed by atoms with Gasteiger partial charge >= 0.3 is 475 Å². The number of benzene rings is 12. The van der Waals surface area contributed by atoms with E-state index in [1.54, 1.807) is 0 Å². The molecule has 0 aliphatic carbocycles. The normalized spacial score (nSPS) is 10.4. The fourth-order valence-corrected chi connectivity index (χ4v) is 30.9. The first kappa shape index (κ1) is 56.7. The molecule has 0 spiro atoms. The van der Waals surface area contributed by atoms with Gasteiger partial charge in [-0.05, 0) is 0 Å². The Bertz CT molecular complexity index is 2580. The Kier molecular flexibility index (Phi) is 23.3. The summed E-state index contributed by atoms with van der Waals surface area (Å²) in [5.41, 5.74) is 0. The van der Waals surface area contributed by atoms with Crippen LogP contribution in [0.15, 0.2) is 364 Å². The minimum atomic E-state index is -1.63. The molecule has 0 heterocycles. The fourth-order valence-electron chi connectivity index (χ4n) is 9.26. The zero-order valence-electron chi connectivity index (χ0n) is 43.0. The zero-order chi connectivity index (χ0) is 51.7. The molecule has 0 aliphatic heterocycles. The summed E-state index contributed by atoms with van der Waals surface area (Å²) in [6.45, 7) is 0. The molecular formula is C72H64As4Pd. The Hall–Kier alpha value is -6.46. The number of hydrogen-bond acceptors (Lipinski definition) is 0. The van der Waals surface area contributed by atoms with E-state index < -0.39 is 58.6 Å². The van der Waals surface area contributed by atoms with Crippen LogP contribution in [0, 0.1) is 0 Å². The molecule has 0 saturated carbocycles. The Morgan fingerprint density at radius 1 is 0.104 bits per heavy atom. The third-order valence-electron chi connectivity index (χ3n) is 12.7. The van der Waals surface area contributed by atoms with Crippen molar-refractivity contribution >= 4 is 111 Å². The predicted octanol–water partition coefficient (Wildman–Crippen LogP) is 7.74. The van der Waals surface area contributed by atoms with Crippen LogP contribution in [-0.2, 0) is 20.4 Å². The van der Waals surface area contributed by atoms with Crippen molar-refractivity contribution in [3.63, 3.8) is 0 Å². The van der Waals surface area contributed by atoms with Crippen LogP contribution in [0.2, 0.25) is 0 Å². The van der Waals surface area contributed by atoms with Crippen LogP contribution < -0.4 is 52.2 Å². The van der Waals surface area contributed by atoms with Gasteiger partial charge in [0.15, 0.2) is 0 Å². The van der Waals surface area contributed by atoms with Crippen molar-refractivity contribution in [2.45, 2.75) is 0 Å². The van der Waals surface area contributed by atoms with E-state index in [1.807, 2.05) is 0 Å². The molecule has 0 saturated heterocycles. The van der Waals surface area contributed by atoms with Gasteiger partial charge in [-0.2, -0.15) is 0 Å². The van der Waals surface area contributed by atoms with E-state index in [0.717, 1.165) is 0 Å². The van der Waals surface area contributed by atoms with Crippen LogP contribution in [0.4, 0.5) is 0 Å². The van der Waals surface area contributed by atoms with Crippen LogP contribution in [0.25, 0.3) is 0 Å². The van der Waals surface area contributed by atoms with Crippen LogP contribution in [0.1, 0.15) is 0 Å². The molecule has 382 valence electrons. The molecule has 0 bridgehead atoms. The van der Waals surface area contributed by atoms with Crippen molar-refractivity contribution in [3.05, 3.63) is 364 Å². The minimum absolute atomic E-state index is 0. The average Bonchev–Trinajstić information content (AvgIpc) is 3.51. The summed E-state index contributed by atoms with van der Waals surface area (Å²) in [6.07, 6.45) is 0. The van der Waals surface area contributed by atoms with Gasteiger partial charge in [-0.25, -0.2) is 0 Å². The molecule has 12 rings (SSSR count). The van der Waals surface area contributed by atoms with Gasteiger partial charge < -0.3 is 0 Å². The first-order valence-corrected chi connectivity index (χ1v) is 38.5. The van der Waals surface area contributed by atoms with E-state index in [4.69, 9.17) is 0 Å². The van der Waals surface area contributed by atoms with Crippen LogP contribution in [0.3, 0.4) is 0 Å². The van der Waals surface area contributed by atoms with Gasteiger partial charge in [0.25, 0.3) is 0 Å². The summed E-state index contributed by atoms with van der Waals surface area (Å²) >= 11 is -6.53. The molecule has 0 unspecified atom stereocenters. The maximum absolute atomic E-state index is 2.27. The number of rotatable bonds is 12. The van der Waals surface area contributed by atoms with Crippen molar-refractivity contribution in [3.8, 4) is 0 Å². The predicted molar refractivity (Wildman–Crippen MR) is 342 cm³/mol. The Morgan fingerprint density at radius 3 is 0.234 bits per heavy atom. The SMILES string of the molecule is [Pd].c1ccc([AsH](c2ccccc2)c2ccccc2)cc1.c1ccc([AsH](c2ccccc2)c2ccccc2)cc1.c1ccc([AsH](c2ccccc2)c2ccccc2)cc1.c1ccc([AsH](c2ccccc2)c2ccccc2)cc1. The van der Waals surface area contributed by atoms with Gasteiger partial charge in [-0.15, -0.1) is 0 Å². The molecule has 0 aliphatic rings. The summed E-state index contributed by atoms with van der Waals surface area (Å²) in [5.74, 6) is 0. The zero-order valence-corrected chi connectivity index (χ0v) is 52.9. The van der Waals surface area contributed by atoms with Gasteiger partial charge in [0.05, 0.1) is 0 Å². The Morgan fingerprint density at radius 2 is 0.169 bits per heavy atom. The van der Waals surface area contributed by atoms with Crippen molar-refractivity contribution in [2.24, 2.45) is 0 Å². The average molecular weight is 1340 g/mol. The summed E-state index contributed by atoms with van der Waals surface area (Å²) in [4.78, 5) is 0. The molecule has 0 nitrogen and oxygen atoms in total. The summed E-state index contributed by atoms with van der Waals surface area (Å²) in [5, 5.41) is 0. The third kappa shape index (κ3) is 16.8. The molecule has 12 aromatic carbocycles. The monoisotopic (exact) mass is 1330 g/mol. The quantitative estimate of drug-likeness (QED) is 0.110. The van der Waals surface area contributed by atoms with E-state index in [0.29, 0.717) is 0 Å².